The number of sulfonamides is 1. The van der Waals surface area contributed by atoms with E-state index in [0.29, 0.717) is 4.31 Å². The Kier molecular flexibility index (Phi) is 3.68. The fraction of sp³-hybridized carbons (Fsp3) is 0.100. The molecule has 0 aliphatic heterocycles. The van der Waals surface area contributed by atoms with Crippen molar-refractivity contribution in [2.75, 3.05) is 6.54 Å². The molecule has 1 rings (SSSR count). The van der Waals surface area contributed by atoms with Gasteiger partial charge in [0.2, 0.25) is 0 Å². The number of benzene rings is 1. The van der Waals surface area contributed by atoms with E-state index in [1.165, 1.54) is 30.3 Å². The first-order valence-electron chi connectivity index (χ1n) is 4.41. The van der Waals surface area contributed by atoms with Gasteiger partial charge in [-0.2, -0.15) is 4.31 Å². The summed E-state index contributed by atoms with van der Waals surface area (Å²) in [5.74, 6) is 0. The van der Waals surface area contributed by atoms with Gasteiger partial charge in [0.15, 0.2) is 0 Å². The van der Waals surface area contributed by atoms with E-state index in [9.17, 15) is 13.2 Å². The summed E-state index contributed by atoms with van der Waals surface area (Å²) in [6, 6.07) is 7.39. The second-order valence-electron chi connectivity index (χ2n) is 2.92. The molecule has 0 atom stereocenters. The number of carbonyl (C=O) groups is 1. The summed E-state index contributed by atoms with van der Waals surface area (Å²) in [6.45, 7) is 3.05. The van der Waals surface area contributed by atoms with E-state index in [-0.39, 0.29) is 11.4 Å². The predicted molar refractivity (Wildman–Crippen MR) is 58.6 cm³/mol. The van der Waals surface area contributed by atoms with Crippen LogP contribution in [-0.2, 0) is 10.0 Å². The molecule has 0 saturated carbocycles. The smallest absolute Gasteiger partial charge is 0.421 e. The molecule has 0 aliphatic carbocycles. The zero-order valence-electron chi connectivity index (χ0n) is 8.41. The molecule has 0 unspecified atom stereocenters. The van der Waals surface area contributed by atoms with E-state index in [1.54, 1.807) is 6.07 Å². The van der Waals surface area contributed by atoms with Crippen molar-refractivity contribution in [3.63, 3.8) is 0 Å². The molecule has 1 aromatic rings. The van der Waals surface area contributed by atoms with Crippen LogP contribution >= 0.6 is 0 Å². The molecule has 6 heteroatoms. The monoisotopic (exact) mass is 241 g/mol. The van der Waals surface area contributed by atoms with Crippen molar-refractivity contribution in [1.29, 1.82) is 0 Å². The Morgan fingerprint density at radius 3 is 2.38 bits per heavy atom. The van der Waals surface area contributed by atoms with Crippen LogP contribution in [-0.4, -0.2) is 30.5 Å². The third-order valence-corrected chi connectivity index (χ3v) is 3.59. The number of amides is 1. The Morgan fingerprint density at radius 2 is 1.94 bits per heavy atom. The molecule has 0 spiro atoms. The molecular weight excluding hydrogens is 230 g/mol. The number of rotatable bonds is 4. The molecule has 5 nitrogen and oxygen atoms in total. The predicted octanol–water partition coefficient (Wildman–Crippen LogP) is 1.54. The van der Waals surface area contributed by atoms with Gasteiger partial charge in [0.25, 0.3) is 10.0 Å². The molecule has 0 fully saturated rings. The van der Waals surface area contributed by atoms with E-state index in [2.05, 4.69) is 6.58 Å². The molecule has 0 radical (unpaired) electrons. The third-order valence-electron chi connectivity index (χ3n) is 1.84. The van der Waals surface area contributed by atoms with Crippen LogP contribution in [0.4, 0.5) is 4.79 Å². The summed E-state index contributed by atoms with van der Waals surface area (Å²) in [7, 11) is -4.00. The lowest BCUT2D eigenvalue weighted by molar-refractivity contribution is 0.175. The third kappa shape index (κ3) is 2.40. The molecule has 1 N–H and O–H groups in total. The minimum Gasteiger partial charge on any atom is -0.464 e. The zero-order chi connectivity index (χ0) is 12.2. The van der Waals surface area contributed by atoms with E-state index >= 15 is 0 Å². The van der Waals surface area contributed by atoms with Crippen LogP contribution in [0.15, 0.2) is 47.9 Å². The van der Waals surface area contributed by atoms with Gasteiger partial charge in [0.1, 0.15) is 0 Å². The van der Waals surface area contributed by atoms with Crippen LogP contribution in [0.3, 0.4) is 0 Å². The van der Waals surface area contributed by atoms with Crippen molar-refractivity contribution >= 4 is 16.1 Å². The minimum atomic E-state index is -4.00. The van der Waals surface area contributed by atoms with Gasteiger partial charge in [-0.15, -0.1) is 6.58 Å². The summed E-state index contributed by atoms with van der Waals surface area (Å²) >= 11 is 0. The van der Waals surface area contributed by atoms with Gasteiger partial charge in [0, 0.05) is 0 Å². The van der Waals surface area contributed by atoms with Crippen LogP contribution in [0.2, 0.25) is 0 Å². The van der Waals surface area contributed by atoms with Crippen LogP contribution in [0.1, 0.15) is 0 Å². The van der Waals surface area contributed by atoms with E-state index in [4.69, 9.17) is 5.11 Å². The molecule has 0 aliphatic rings. The molecule has 0 saturated heterocycles. The lowest BCUT2D eigenvalue weighted by Gasteiger charge is -2.17. The van der Waals surface area contributed by atoms with Gasteiger partial charge in [-0.25, -0.2) is 13.2 Å². The maximum Gasteiger partial charge on any atom is 0.421 e. The van der Waals surface area contributed by atoms with Crippen LogP contribution in [0.5, 0.6) is 0 Å². The Balaban J connectivity index is 3.19. The normalized spacial score (nSPS) is 10.8. The second-order valence-corrected chi connectivity index (χ2v) is 4.78. The highest BCUT2D eigenvalue weighted by Gasteiger charge is 2.27. The topological polar surface area (TPSA) is 74.7 Å². The standard InChI is InChI=1S/C10H11NO4S/c1-2-8-11(10(12)13)16(14,15)9-6-4-3-5-7-9/h2-7H,1,8H2,(H,12,13). The van der Waals surface area contributed by atoms with Crippen LogP contribution < -0.4 is 0 Å². The summed E-state index contributed by atoms with van der Waals surface area (Å²) < 4.78 is 24.1. The average molecular weight is 241 g/mol. The van der Waals surface area contributed by atoms with Crippen LogP contribution in [0.25, 0.3) is 0 Å². The maximum atomic E-state index is 11.9. The second kappa shape index (κ2) is 4.80. The highest BCUT2D eigenvalue weighted by molar-refractivity contribution is 7.89. The lowest BCUT2D eigenvalue weighted by Crippen LogP contribution is -2.35. The van der Waals surface area contributed by atoms with E-state index in [1.807, 2.05) is 0 Å². The van der Waals surface area contributed by atoms with Crippen molar-refractivity contribution in [3.8, 4) is 0 Å². The lowest BCUT2D eigenvalue weighted by atomic mass is 10.4. The Hall–Kier alpha value is -1.82. The van der Waals surface area contributed by atoms with Crippen molar-refractivity contribution in [2.45, 2.75) is 4.90 Å². The first-order chi connectivity index (χ1) is 7.50. The molecule has 1 aromatic carbocycles. The molecule has 0 heterocycles. The fourth-order valence-corrected chi connectivity index (χ4v) is 2.38. The average Bonchev–Trinajstić information content (AvgIpc) is 2.26. The van der Waals surface area contributed by atoms with Crippen LogP contribution in [0, 0.1) is 0 Å². The number of nitrogens with zero attached hydrogens (tertiary/aromatic N) is 1. The van der Waals surface area contributed by atoms with Gasteiger partial charge in [0.05, 0.1) is 11.4 Å². The first kappa shape index (κ1) is 12.3. The number of carboxylic acid groups (broad SMARTS) is 1. The van der Waals surface area contributed by atoms with Gasteiger partial charge >= 0.3 is 6.09 Å². The minimum absolute atomic E-state index is 0.0562. The Bertz CT molecular complexity index is 481. The zero-order valence-corrected chi connectivity index (χ0v) is 9.22. The largest absolute Gasteiger partial charge is 0.464 e. The van der Waals surface area contributed by atoms with Gasteiger partial charge in [-0.1, -0.05) is 24.3 Å². The molecule has 16 heavy (non-hydrogen) atoms. The summed E-state index contributed by atoms with van der Waals surface area (Å²) in [5, 5.41) is 8.80. The van der Waals surface area contributed by atoms with E-state index < -0.39 is 16.1 Å². The Morgan fingerprint density at radius 1 is 1.38 bits per heavy atom. The number of hydrogen-bond donors (Lipinski definition) is 1. The SMILES string of the molecule is C=CCN(C(=O)O)S(=O)(=O)c1ccccc1. The number of hydrogen-bond acceptors (Lipinski definition) is 3. The maximum absolute atomic E-state index is 11.9. The fourth-order valence-electron chi connectivity index (χ4n) is 1.12. The molecule has 0 aromatic heterocycles. The highest BCUT2D eigenvalue weighted by Crippen LogP contribution is 2.14. The highest BCUT2D eigenvalue weighted by atomic mass is 32.2. The summed E-state index contributed by atoms with van der Waals surface area (Å²) in [5.41, 5.74) is 0. The summed E-state index contributed by atoms with van der Waals surface area (Å²) in [6.07, 6.45) is -0.307. The molecule has 0 bridgehead atoms. The quantitative estimate of drug-likeness (QED) is 0.811. The molecular formula is C10H11NO4S. The Labute approximate surface area is 93.7 Å². The summed E-state index contributed by atoms with van der Waals surface area (Å²) in [4.78, 5) is 10.8. The first-order valence-corrected chi connectivity index (χ1v) is 5.85. The van der Waals surface area contributed by atoms with Gasteiger partial charge < -0.3 is 5.11 Å². The molecule has 1 amide bonds. The molecule has 86 valence electrons. The van der Waals surface area contributed by atoms with Crippen molar-refractivity contribution in [1.82, 2.24) is 4.31 Å². The van der Waals surface area contributed by atoms with Crippen molar-refractivity contribution in [2.24, 2.45) is 0 Å². The van der Waals surface area contributed by atoms with Crippen molar-refractivity contribution < 1.29 is 18.3 Å². The van der Waals surface area contributed by atoms with Gasteiger partial charge in [-0.3, -0.25) is 0 Å². The van der Waals surface area contributed by atoms with Crippen molar-refractivity contribution in [3.05, 3.63) is 43.0 Å². The van der Waals surface area contributed by atoms with Gasteiger partial charge in [-0.05, 0) is 12.1 Å². The van der Waals surface area contributed by atoms with E-state index in [0.717, 1.165) is 0 Å².